The van der Waals surface area contributed by atoms with Gasteiger partial charge in [-0.2, -0.15) is 0 Å². The number of aliphatic carboxylic acids is 1. The van der Waals surface area contributed by atoms with E-state index in [1.165, 1.54) is 0 Å². The van der Waals surface area contributed by atoms with E-state index in [1.807, 2.05) is 31.2 Å². The molecule has 0 spiro atoms. The van der Waals surface area contributed by atoms with Crippen molar-refractivity contribution < 1.29 is 24.9 Å². The topological polar surface area (TPSA) is 94.8 Å². The Labute approximate surface area is 166 Å². The number of aliphatic hydroxyl groups excluding tert-OH is 2. The van der Waals surface area contributed by atoms with E-state index in [1.54, 1.807) is 6.08 Å². The number of aryl methyl sites for hydroxylation is 1. The van der Waals surface area contributed by atoms with E-state index in [-0.39, 0.29) is 18.1 Å². The average molecular weight is 384 g/mol. The van der Waals surface area contributed by atoms with Crippen LogP contribution in [0.25, 0.3) is 0 Å². The van der Waals surface area contributed by atoms with E-state index in [0.29, 0.717) is 19.3 Å². The number of hydrogen-bond acceptors (Lipinski definition) is 4. The number of unbranched alkanes of at least 4 members (excludes halogenated alkanes) is 2. The summed E-state index contributed by atoms with van der Waals surface area (Å²) >= 11 is 0. The van der Waals surface area contributed by atoms with Gasteiger partial charge in [0, 0.05) is 24.8 Å². The molecule has 0 bridgehead atoms. The highest BCUT2D eigenvalue weighted by atomic mass is 16.4. The quantitative estimate of drug-likeness (QED) is 0.364. The zero-order valence-electron chi connectivity index (χ0n) is 16.2. The zero-order valence-corrected chi connectivity index (χ0v) is 16.2. The van der Waals surface area contributed by atoms with Gasteiger partial charge in [0.15, 0.2) is 0 Å². The third-order valence-corrected chi connectivity index (χ3v) is 5.16. The van der Waals surface area contributed by atoms with Gasteiger partial charge < -0.3 is 15.3 Å². The lowest BCUT2D eigenvalue weighted by Crippen LogP contribution is -2.20. The molecule has 4 atom stereocenters. The molecule has 1 aliphatic rings. The normalized spacial score (nSPS) is 22.8. The van der Waals surface area contributed by atoms with Crippen molar-refractivity contribution in [2.75, 3.05) is 0 Å². The Balaban J connectivity index is 1.91. The number of carboxylic acids is 1. The Morgan fingerprint density at radius 1 is 1.32 bits per heavy atom. The summed E-state index contributed by atoms with van der Waals surface area (Å²) in [6.07, 6.45) is 4.41. The van der Waals surface area contributed by atoms with E-state index < -0.39 is 24.1 Å². The van der Waals surface area contributed by atoms with Crippen LogP contribution in [0.2, 0.25) is 0 Å². The first-order chi connectivity index (χ1) is 13.4. The summed E-state index contributed by atoms with van der Waals surface area (Å²) < 4.78 is 0. The highest BCUT2D eigenvalue weighted by Gasteiger charge is 2.40. The second-order valence-electron chi connectivity index (χ2n) is 7.33. The lowest BCUT2D eigenvalue weighted by Gasteiger charge is -2.15. The van der Waals surface area contributed by atoms with Gasteiger partial charge in [0.05, 0.1) is 12.0 Å². The highest BCUT2D eigenvalue weighted by Crippen LogP contribution is 2.32. The molecule has 28 heavy (non-hydrogen) atoms. The van der Waals surface area contributed by atoms with Crippen LogP contribution in [-0.2, 0) is 16.0 Å². The maximum atomic E-state index is 12.2. The molecule has 5 nitrogen and oxygen atoms in total. The summed E-state index contributed by atoms with van der Waals surface area (Å²) in [5.41, 5.74) is 2.12. The molecule has 0 radical (unpaired) electrons. The Morgan fingerprint density at radius 3 is 2.79 bits per heavy atom. The van der Waals surface area contributed by atoms with Gasteiger partial charge >= 0.3 is 5.97 Å². The van der Waals surface area contributed by atoms with Crippen molar-refractivity contribution in [1.82, 2.24) is 0 Å². The molecular formula is C23H28O5. The molecule has 0 amide bonds. The molecule has 2 rings (SSSR count). The first kappa shape index (κ1) is 21.9. The molecule has 0 saturated heterocycles. The van der Waals surface area contributed by atoms with Gasteiger partial charge in [-0.05, 0) is 37.3 Å². The standard InChI is InChI=1S/C23H28O5/c1-16-8-6-7-9-17(16)14-18(24)12-13-20-19(21(25)15-22(20)26)10-4-2-3-5-11-23(27)28/h5-9,11,18-20,22,24,26H,2-4,10,14-15H2,1H3,(H,27,28)/b11-5+/t18?,19-,20-,22-/m1/s1. The number of carbonyl (C=O) groups excluding carboxylic acids is 1. The lowest BCUT2D eigenvalue weighted by molar-refractivity contribution is -0.131. The fraction of sp³-hybridized carbons (Fsp3) is 0.478. The number of Topliss-reactive ketones (excluding diaryl/α,β-unsaturated/α-hetero) is 1. The van der Waals surface area contributed by atoms with Crippen LogP contribution in [0, 0.1) is 30.6 Å². The zero-order chi connectivity index (χ0) is 20.5. The van der Waals surface area contributed by atoms with Crippen molar-refractivity contribution in [2.24, 2.45) is 11.8 Å². The molecule has 1 aromatic carbocycles. The molecule has 5 heteroatoms. The molecule has 1 fully saturated rings. The second kappa shape index (κ2) is 10.8. The van der Waals surface area contributed by atoms with Crippen LogP contribution in [0.5, 0.6) is 0 Å². The van der Waals surface area contributed by atoms with Crippen LogP contribution in [0.1, 0.15) is 43.2 Å². The van der Waals surface area contributed by atoms with Crippen LogP contribution >= 0.6 is 0 Å². The van der Waals surface area contributed by atoms with E-state index in [9.17, 15) is 19.8 Å². The van der Waals surface area contributed by atoms with Crippen molar-refractivity contribution >= 4 is 11.8 Å². The molecule has 1 aromatic rings. The van der Waals surface area contributed by atoms with E-state index in [0.717, 1.165) is 30.0 Å². The molecule has 0 heterocycles. The van der Waals surface area contributed by atoms with E-state index >= 15 is 0 Å². The fourth-order valence-electron chi connectivity index (χ4n) is 3.59. The Kier molecular flexibility index (Phi) is 8.43. The molecule has 0 aromatic heterocycles. The van der Waals surface area contributed by atoms with Gasteiger partial charge in [-0.15, -0.1) is 0 Å². The highest BCUT2D eigenvalue weighted by molar-refractivity contribution is 5.85. The summed E-state index contributed by atoms with van der Waals surface area (Å²) in [6, 6.07) is 7.80. The first-order valence-corrected chi connectivity index (χ1v) is 9.72. The van der Waals surface area contributed by atoms with Gasteiger partial charge in [-0.3, -0.25) is 4.79 Å². The number of hydrogen-bond donors (Lipinski definition) is 3. The minimum Gasteiger partial charge on any atom is -0.478 e. The summed E-state index contributed by atoms with van der Waals surface area (Å²) in [6.45, 7) is 1.98. The Morgan fingerprint density at radius 2 is 2.07 bits per heavy atom. The van der Waals surface area contributed by atoms with Crippen LogP contribution in [0.3, 0.4) is 0 Å². The van der Waals surface area contributed by atoms with Gasteiger partial charge in [-0.25, -0.2) is 4.79 Å². The second-order valence-corrected chi connectivity index (χ2v) is 7.33. The maximum Gasteiger partial charge on any atom is 0.327 e. The van der Waals surface area contributed by atoms with Crippen LogP contribution < -0.4 is 0 Å². The van der Waals surface area contributed by atoms with Crippen molar-refractivity contribution in [3.8, 4) is 11.8 Å². The minimum absolute atomic E-state index is 0.0151. The molecule has 0 aliphatic heterocycles. The predicted molar refractivity (Wildman–Crippen MR) is 107 cm³/mol. The van der Waals surface area contributed by atoms with Crippen LogP contribution in [0.15, 0.2) is 36.4 Å². The first-order valence-electron chi connectivity index (χ1n) is 9.72. The lowest BCUT2D eigenvalue weighted by atomic mass is 9.89. The Bertz CT molecular complexity index is 771. The maximum absolute atomic E-state index is 12.2. The molecular weight excluding hydrogens is 356 g/mol. The summed E-state index contributed by atoms with van der Waals surface area (Å²) in [5, 5.41) is 29.0. The van der Waals surface area contributed by atoms with Crippen LogP contribution in [-0.4, -0.2) is 39.3 Å². The van der Waals surface area contributed by atoms with Crippen molar-refractivity contribution in [1.29, 1.82) is 0 Å². The molecule has 1 saturated carbocycles. The number of rotatable bonds is 8. The van der Waals surface area contributed by atoms with Crippen molar-refractivity contribution in [3.63, 3.8) is 0 Å². The molecule has 150 valence electrons. The fourth-order valence-corrected chi connectivity index (χ4v) is 3.59. The van der Waals surface area contributed by atoms with Gasteiger partial charge in [0.1, 0.15) is 11.9 Å². The number of ketones is 1. The average Bonchev–Trinajstić information content (AvgIpc) is 2.91. The third kappa shape index (κ3) is 6.63. The predicted octanol–water partition coefficient (Wildman–Crippen LogP) is 2.67. The number of carboxylic acid groups (broad SMARTS) is 1. The SMILES string of the molecule is Cc1ccccc1CC(O)C#C[C@H]1[C@H](O)CC(=O)[C@@H]1CCCC/C=C/C(=O)O. The summed E-state index contributed by atoms with van der Waals surface area (Å²) in [7, 11) is 0. The number of allylic oxidation sites excluding steroid dienone is 1. The molecule has 1 aliphatic carbocycles. The smallest absolute Gasteiger partial charge is 0.327 e. The van der Waals surface area contributed by atoms with E-state index in [2.05, 4.69) is 11.8 Å². The number of benzene rings is 1. The van der Waals surface area contributed by atoms with Gasteiger partial charge in [-0.1, -0.05) is 48.6 Å². The van der Waals surface area contributed by atoms with Gasteiger partial charge in [0.25, 0.3) is 0 Å². The molecule has 3 N–H and O–H groups in total. The summed E-state index contributed by atoms with van der Waals surface area (Å²) in [4.78, 5) is 22.6. The third-order valence-electron chi connectivity index (χ3n) is 5.16. The summed E-state index contributed by atoms with van der Waals surface area (Å²) in [5.74, 6) is 4.06. The Hall–Kier alpha value is -2.42. The number of carbonyl (C=O) groups is 2. The van der Waals surface area contributed by atoms with E-state index in [4.69, 9.17) is 5.11 Å². The van der Waals surface area contributed by atoms with Crippen molar-refractivity contribution in [3.05, 3.63) is 47.5 Å². The van der Waals surface area contributed by atoms with Crippen molar-refractivity contribution in [2.45, 2.75) is 57.7 Å². The van der Waals surface area contributed by atoms with Crippen LogP contribution in [0.4, 0.5) is 0 Å². The number of aliphatic hydroxyl groups is 2. The van der Waals surface area contributed by atoms with Gasteiger partial charge in [0.2, 0.25) is 0 Å². The molecule has 1 unspecified atom stereocenters. The largest absolute Gasteiger partial charge is 0.478 e. The minimum atomic E-state index is -0.964. The monoisotopic (exact) mass is 384 g/mol.